The number of nitrogens with zero attached hydrogens (tertiary/aromatic N) is 1. The molecule has 0 aliphatic heterocycles. The summed E-state index contributed by atoms with van der Waals surface area (Å²) < 4.78 is 29.2. The van der Waals surface area contributed by atoms with Gasteiger partial charge in [-0.1, -0.05) is 22.9 Å². The van der Waals surface area contributed by atoms with Crippen LogP contribution in [0.2, 0.25) is 5.02 Å². The summed E-state index contributed by atoms with van der Waals surface area (Å²) in [5, 5.41) is 0.430. The van der Waals surface area contributed by atoms with Gasteiger partial charge in [0, 0.05) is 5.02 Å². The number of ether oxygens (including phenoxy) is 1. The molecule has 0 fully saturated rings. The Labute approximate surface area is 132 Å². The van der Waals surface area contributed by atoms with Crippen molar-refractivity contribution in [3.63, 3.8) is 0 Å². The molecule has 1 aromatic heterocycles. The van der Waals surface area contributed by atoms with Crippen LogP contribution in [0.3, 0.4) is 0 Å². The fourth-order valence-corrected chi connectivity index (χ4v) is 4.77. The standard InChI is InChI=1S/C11H7BrClNO4S2/c1-18-10(15)8-9(12)14-11(19-8)20(16,17)7-4-2-6(13)3-5-7/h2-5H,1H3. The van der Waals surface area contributed by atoms with E-state index in [9.17, 15) is 13.2 Å². The van der Waals surface area contributed by atoms with Crippen molar-refractivity contribution in [2.45, 2.75) is 9.24 Å². The van der Waals surface area contributed by atoms with Crippen LogP contribution in [0, 0.1) is 0 Å². The van der Waals surface area contributed by atoms with E-state index in [1.807, 2.05) is 0 Å². The first-order valence-electron chi connectivity index (χ1n) is 5.11. The fraction of sp³-hybridized carbons (Fsp3) is 0.0909. The molecule has 9 heteroatoms. The summed E-state index contributed by atoms with van der Waals surface area (Å²) >= 11 is 9.51. The van der Waals surface area contributed by atoms with E-state index in [-0.39, 0.29) is 18.7 Å². The van der Waals surface area contributed by atoms with Crippen molar-refractivity contribution in [2.24, 2.45) is 0 Å². The Balaban J connectivity index is 2.50. The first-order chi connectivity index (χ1) is 9.36. The molecule has 0 N–H and O–H groups in total. The molecule has 2 aromatic rings. The van der Waals surface area contributed by atoms with Crippen molar-refractivity contribution >= 4 is 54.7 Å². The Morgan fingerprint density at radius 2 is 1.95 bits per heavy atom. The number of hydrogen-bond acceptors (Lipinski definition) is 6. The zero-order valence-electron chi connectivity index (χ0n) is 9.96. The molecule has 0 aliphatic carbocycles. The number of sulfone groups is 1. The molecule has 0 aliphatic rings. The molecule has 1 aromatic carbocycles. The summed E-state index contributed by atoms with van der Waals surface area (Å²) in [4.78, 5) is 15.5. The predicted octanol–water partition coefficient (Wildman–Crippen LogP) is 3.18. The number of thiazole rings is 1. The minimum atomic E-state index is -3.79. The molecular weight excluding hydrogens is 390 g/mol. The lowest BCUT2D eigenvalue weighted by Crippen LogP contribution is -2.00. The van der Waals surface area contributed by atoms with Gasteiger partial charge in [0.25, 0.3) is 0 Å². The number of esters is 1. The number of methoxy groups -OCH3 is 1. The van der Waals surface area contributed by atoms with Crippen molar-refractivity contribution in [3.05, 3.63) is 38.8 Å². The molecule has 0 bridgehead atoms. The highest BCUT2D eigenvalue weighted by Gasteiger charge is 2.26. The van der Waals surface area contributed by atoms with Crippen LogP contribution in [-0.4, -0.2) is 26.5 Å². The van der Waals surface area contributed by atoms with Gasteiger partial charge >= 0.3 is 5.97 Å². The minimum absolute atomic E-state index is 0.0552. The molecule has 20 heavy (non-hydrogen) atoms. The van der Waals surface area contributed by atoms with E-state index >= 15 is 0 Å². The average molecular weight is 397 g/mol. The van der Waals surface area contributed by atoms with Gasteiger partial charge in [-0.2, -0.15) is 0 Å². The second-order valence-electron chi connectivity index (χ2n) is 3.55. The summed E-state index contributed by atoms with van der Waals surface area (Å²) in [7, 11) is -2.58. The number of rotatable bonds is 3. The number of carbonyl (C=O) groups excluding carboxylic acids is 1. The molecule has 0 saturated carbocycles. The van der Waals surface area contributed by atoms with Gasteiger partial charge in [-0.3, -0.25) is 0 Å². The van der Waals surface area contributed by atoms with Crippen LogP contribution in [0.5, 0.6) is 0 Å². The normalized spacial score (nSPS) is 11.3. The third-order valence-electron chi connectivity index (χ3n) is 2.29. The van der Waals surface area contributed by atoms with Gasteiger partial charge in [-0.05, 0) is 40.2 Å². The predicted molar refractivity (Wildman–Crippen MR) is 78.1 cm³/mol. The number of hydrogen-bond donors (Lipinski definition) is 0. The van der Waals surface area contributed by atoms with Gasteiger partial charge < -0.3 is 4.74 Å². The van der Waals surface area contributed by atoms with Gasteiger partial charge in [-0.25, -0.2) is 18.2 Å². The molecule has 2 rings (SSSR count). The second kappa shape index (κ2) is 5.80. The van der Waals surface area contributed by atoms with E-state index in [4.69, 9.17) is 11.6 Å². The van der Waals surface area contributed by atoms with Crippen LogP contribution >= 0.6 is 38.9 Å². The van der Waals surface area contributed by atoms with E-state index in [1.54, 1.807) is 0 Å². The highest BCUT2D eigenvalue weighted by molar-refractivity contribution is 9.10. The molecule has 0 spiro atoms. The van der Waals surface area contributed by atoms with Gasteiger partial charge in [0.05, 0.1) is 12.0 Å². The molecule has 5 nitrogen and oxygen atoms in total. The number of aromatic nitrogens is 1. The molecule has 1 heterocycles. The highest BCUT2D eigenvalue weighted by atomic mass is 79.9. The summed E-state index contributed by atoms with van der Waals surface area (Å²) in [5.74, 6) is -0.646. The topological polar surface area (TPSA) is 73.3 Å². The van der Waals surface area contributed by atoms with E-state index in [1.165, 1.54) is 31.4 Å². The maximum Gasteiger partial charge on any atom is 0.350 e. The van der Waals surface area contributed by atoms with E-state index in [2.05, 4.69) is 25.7 Å². The zero-order valence-corrected chi connectivity index (χ0v) is 13.9. The lowest BCUT2D eigenvalue weighted by molar-refractivity contribution is 0.0605. The van der Waals surface area contributed by atoms with Crippen molar-refractivity contribution in [1.82, 2.24) is 4.98 Å². The monoisotopic (exact) mass is 395 g/mol. The highest BCUT2D eigenvalue weighted by Crippen LogP contribution is 2.31. The lowest BCUT2D eigenvalue weighted by Gasteiger charge is -2.00. The summed E-state index contributed by atoms with van der Waals surface area (Å²) in [6, 6.07) is 5.70. The maximum absolute atomic E-state index is 12.4. The molecule has 0 atom stereocenters. The third-order valence-corrected chi connectivity index (χ3v) is 6.56. The molecular formula is C11H7BrClNO4S2. The minimum Gasteiger partial charge on any atom is -0.465 e. The van der Waals surface area contributed by atoms with Crippen LogP contribution < -0.4 is 0 Å². The smallest absolute Gasteiger partial charge is 0.350 e. The SMILES string of the molecule is COC(=O)c1sc(S(=O)(=O)c2ccc(Cl)cc2)nc1Br. The van der Waals surface area contributed by atoms with E-state index in [0.29, 0.717) is 5.02 Å². The van der Waals surface area contributed by atoms with Crippen LogP contribution in [-0.2, 0) is 14.6 Å². The molecule has 0 unspecified atom stereocenters. The van der Waals surface area contributed by atoms with Crippen LogP contribution in [0.4, 0.5) is 0 Å². The molecule has 106 valence electrons. The zero-order chi connectivity index (χ0) is 14.9. The van der Waals surface area contributed by atoms with E-state index in [0.717, 1.165) is 11.3 Å². The largest absolute Gasteiger partial charge is 0.465 e. The first-order valence-corrected chi connectivity index (χ1v) is 8.58. The van der Waals surface area contributed by atoms with Crippen molar-refractivity contribution in [1.29, 1.82) is 0 Å². The van der Waals surface area contributed by atoms with Crippen molar-refractivity contribution < 1.29 is 17.9 Å². The van der Waals surface area contributed by atoms with Gasteiger partial charge in [-0.15, -0.1) is 0 Å². The molecule has 0 amide bonds. The van der Waals surface area contributed by atoms with Gasteiger partial charge in [0.1, 0.15) is 9.48 Å². The maximum atomic E-state index is 12.4. The number of benzene rings is 1. The molecule has 0 radical (unpaired) electrons. The third kappa shape index (κ3) is 2.88. The van der Waals surface area contributed by atoms with E-state index < -0.39 is 15.8 Å². The summed E-state index contributed by atoms with van der Waals surface area (Å²) in [6.45, 7) is 0. The lowest BCUT2D eigenvalue weighted by atomic mass is 10.4. The summed E-state index contributed by atoms with van der Waals surface area (Å²) in [5.41, 5.74) is 0. The van der Waals surface area contributed by atoms with Crippen molar-refractivity contribution in [3.8, 4) is 0 Å². The van der Waals surface area contributed by atoms with Gasteiger partial charge in [0.2, 0.25) is 14.2 Å². The fourth-order valence-electron chi connectivity index (χ4n) is 1.33. The Kier molecular flexibility index (Phi) is 4.48. The Morgan fingerprint density at radius 1 is 1.35 bits per heavy atom. The summed E-state index contributed by atoms with van der Waals surface area (Å²) in [6.07, 6.45) is 0. The van der Waals surface area contributed by atoms with Crippen LogP contribution in [0.25, 0.3) is 0 Å². The Hall–Kier alpha value is -0.960. The molecule has 0 saturated heterocycles. The quantitative estimate of drug-likeness (QED) is 0.745. The Morgan fingerprint density at radius 3 is 2.50 bits per heavy atom. The number of halogens is 2. The first kappa shape index (κ1) is 15.4. The second-order valence-corrected chi connectivity index (χ2v) is 7.86. The van der Waals surface area contributed by atoms with Crippen LogP contribution in [0.1, 0.15) is 9.67 Å². The number of carbonyl (C=O) groups is 1. The average Bonchev–Trinajstić information content (AvgIpc) is 2.81. The van der Waals surface area contributed by atoms with Gasteiger partial charge in [0.15, 0.2) is 0 Å². The van der Waals surface area contributed by atoms with Crippen LogP contribution in [0.15, 0.2) is 38.1 Å². The van der Waals surface area contributed by atoms with Crippen molar-refractivity contribution in [2.75, 3.05) is 7.11 Å². The Bertz CT molecular complexity index is 755.